The van der Waals surface area contributed by atoms with Crippen LogP contribution in [0.2, 0.25) is 0 Å². The third kappa shape index (κ3) is 3.56. The van der Waals surface area contributed by atoms with Gasteiger partial charge in [0.2, 0.25) is 0 Å². The molecule has 1 fully saturated rings. The highest BCUT2D eigenvalue weighted by atomic mass is 19.4. The molecule has 0 spiro atoms. The van der Waals surface area contributed by atoms with Crippen LogP contribution in [0, 0.1) is 0 Å². The number of alkyl halides is 3. The van der Waals surface area contributed by atoms with Crippen molar-refractivity contribution < 1.29 is 13.2 Å². The van der Waals surface area contributed by atoms with Gasteiger partial charge in [-0.15, -0.1) is 0 Å². The van der Waals surface area contributed by atoms with E-state index in [4.69, 9.17) is 0 Å². The number of anilines is 2. The van der Waals surface area contributed by atoms with Crippen LogP contribution in [0.5, 0.6) is 0 Å². The van der Waals surface area contributed by atoms with Gasteiger partial charge in [0.05, 0.1) is 17.9 Å². The van der Waals surface area contributed by atoms with E-state index in [1.807, 2.05) is 6.07 Å². The summed E-state index contributed by atoms with van der Waals surface area (Å²) in [7, 11) is 0. The summed E-state index contributed by atoms with van der Waals surface area (Å²) in [5.41, 5.74) is 1.50. The first kappa shape index (κ1) is 16.2. The molecule has 4 nitrogen and oxygen atoms in total. The number of halogens is 3. The smallest absolute Gasteiger partial charge is 0.351 e. The van der Waals surface area contributed by atoms with E-state index in [0.717, 1.165) is 30.7 Å². The van der Waals surface area contributed by atoms with Crippen molar-refractivity contribution in [2.45, 2.75) is 25.1 Å². The molecule has 0 unspecified atom stereocenters. The van der Waals surface area contributed by atoms with Gasteiger partial charge < -0.3 is 15.5 Å². The van der Waals surface area contributed by atoms with Crippen molar-refractivity contribution in [1.82, 2.24) is 10.3 Å². The summed E-state index contributed by atoms with van der Waals surface area (Å²) in [6.07, 6.45) is -0.234. The molecule has 1 aromatic heterocycles. The number of benzene rings is 1. The minimum absolute atomic E-state index is 0.521. The molecule has 2 N–H and O–H groups in total. The maximum atomic E-state index is 12.9. The standard InChI is InChI=1S/C18H19F3N4/c19-18(20,21)14-3-1-2-12(8-14)13-9-16-17(23-10-13)24-11-25(16)7-6-22-15-4-5-15/h1-3,8-10,15,22H,4-7,11H2,(H,23,24). The van der Waals surface area contributed by atoms with Gasteiger partial charge in [-0.05, 0) is 36.6 Å². The van der Waals surface area contributed by atoms with Crippen molar-refractivity contribution in [3.8, 4) is 11.1 Å². The SMILES string of the molecule is FC(F)(F)c1cccc(-c2cnc3c(c2)N(CCNC2CC2)CN3)c1. The molecule has 2 aromatic rings. The van der Waals surface area contributed by atoms with Gasteiger partial charge in [0, 0.05) is 30.9 Å². The molecule has 1 saturated carbocycles. The molecular weight excluding hydrogens is 329 g/mol. The highest BCUT2D eigenvalue weighted by Crippen LogP contribution is 2.35. The fourth-order valence-corrected chi connectivity index (χ4v) is 3.01. The second kappa shape index (κ2) is 6.22. The highest BCUT2D eigenvalue weighted by molar-refractivity contribution is 5.77. The molecule has 0 bridgehead atoms. The zero-order valence-corrected chi connectivity index (χ0v) is 13.6. The van der Waals surface area contributed by atoms with Crippen LogP contribution in [0.15, 0.2) is 36.5 Å². The first-order chi connectivity index (χ1) is 12.0. The fraction of sp³-hybridized carbons (Fsp3) is 0.389. The molecule has 4 rings (SSSR count). The second-order valence-corrected chi connectivity index (χ2v) is 6.50. The average Bonchev–Trinajstić information content (AvgIpc) is 3.33. The van der Waals surface area contributed by atoms with Crippen LogP contribution < -0.4 is 15.5 Å². The minimum atomic E-state index is -4.35. The van der Waals surface area contributed by atoms with Crippen molar-refractivity contribution in [2.75, 3.05) is 30.0 Å². The van der Waals surface area contributed by atoms with Crippen molar-refractivity contribution in [2.24, 2.45) is 0 Å². The lowest BCUT2D eigenvalue weighted by Gasteiger charge is -2.18. The predicted octanol–water partition coefficient (Wildman–Crippen LogP) is 3.71. The van der Waals surface area contributed by atoms with E-state index in [1.54, 1.807) is 12.3 Å². The molecule has 7 heteroatoms. The number of nitrogens with zero attached hydrogens (tertiary/aromatic N) is 2. The summed E-state index contributed by atoms with van der Waals surface area (Å²) in [5, 5.41) is 6.70. The van der Waals surface area contributed by atoms with Crippen LogP contribution in [-0.4, -0.2) is 30.8 Å². The van der Waals surface area contributed by atoms with Gasteiger partial charge >= 0.3 is 6.18 Å². The van der Waals surface area contributed by atoms with E-state index in [-0.39, 0.29) is 0 Å². The van der Waals surface area contributed by atoms with Gasteiger partial charge in [0.25, 0.3) is 0 Å². The van der Waals surface area contributed by atoms with Crippen molar-refractivity contribution in [1.29, 1.82) is 0 Å². The molecule has 2 heterocycles. The summed E-state index contributed by atoms with van der Waals surface area (Å²) < 4.78 is 38.8. The summed E-state index contributed by atoms with van der Waals surface area (Å²) in [5.74, 6) is 0.780. The lowest BCUT2D eigenvalue weighted by molar-refractivity contribution is -0.137. The number of nitrogens with one attached hydrogen (secondary N) is 2. The second-order valence-electron chi connectivity index (χ2n) is 6.50. The van der Waals surface area contributed by atoms with E-state index in [2.05, 4.69) is 20.5 Å². The Balaban J connectivity index is 1.56. The van der Waals surface area contributed by atoms with Crippen LogP contribution in [0.4, 0.5) is 24.7 Å². The molecule has 1 aliphatic heterocycles. The van der Waals surface area contributed by atoms with E-state index in [9.17, 15) is 13.2 Å². The molecule has 0 amide bonds. The number of pyridine rings is 1. The third-order valence-electron chi connectivity index (χ3n) is 4.56. The number of fused-ring (bicyclic) bond motifs is 1. The molecule has 132 valence electrons. The molecule has 2 aliphatic rings. The maximum Gasteiger partial charge on any atom is 0.416 e. The Hall–Kier alpha value is -2.28. The van der Waals surface area contributed by atoms with Gasteiger partial charge in [0.15, 0.2) is 5.82 Å². The largest absolute Gasteiger partial charge is 0.416 e. The van der Waals surface area contributed by atoms with Crippen molar-refractivity contribution >= 4 is 11.5 Å². The Morgan fingerprint density at radius 3 is 2.80 bits per heavy atom. The lowest BCUT2D eigenvalue weighted by Crippen LogP contribution is -2.32. The molecule has 25 heavy (non-hydrogen) atoms. The quantitative estimate of drug-likeness (QED) is 0.864. The summed E-state index contributed by atoms with van der Waals surface area (Å²) in [6.45, 7) is 2.39. The summed E-state index contributed by atoms with van der Waals surface area (Å²) >= 11 is 0. The average molecular weight is 348 g/mol. The molecular formula is C18H19F3N4. The number of rotatable bonds is 5. The fourth-order valence-electron chi connectivity index (χ4n) is 3.01. The minimum Gasteiger partial charge on any atom is -0.351 e. The van der Waals surface area contributed by atoms with E-state index < -0.39 is 11.7 Å². The van der Waals surface area contributed by atoms with E-state index in [0.29, 0.717) is 23.8 Å². The number of hydrogen-bond acceptors (Lipinski definition) is 4. The van der Waals surface area contributed by atoms with Crippen LogP contribution in [0.1, 0.15) is 18.4 Å². The Morgan fingerprint density at radius 1 is 1.20 bits per heavy atom. The molecule has 1 aliphatic carbocycles. The monoisotopic (exact) mass is 348 g/mol. The van der Waals surface area contributed by atoms with Crippen molar-refractivity contribution in [3.63, 3.8) is 0 Å². The Bertz CT molecular complexity index is 771. The van der Waals surface area contributed by atoms with Crippen LogP contribution in [-0.2, 0) is 6.18 Å². The first-order valence-corrected chi connectivity index (χ1v) is 8.40. The van der Waals surface area contributed by atoms with E-state index in [1.165, 1.54) is 25.0 Å². The summed E-state index contributed by atoms with van der Waals surface area (Å²) in [4.78, 5) is 6.54. The van der Waals surface area contributed by atoms with Gasteiger partial charge in [0.1, 0.15) is 0 Å². The molecule has 1 aromatic carbocycles. The van der Waals surface area contributed by atoms with Gasteiger partial charge in [-0.3, -0.25) is 0 Å². The lowest BCUT2D eigenvalue weighted by atomic mass is 10.0. The normalized spacial score (nSPS) is 16.7. The van der Waals surface area contributed by atoms with Crippen LogP contribution in [0.25, 0.3) is 11.1 Å². The van der Waals surface area contributed by atoms with E-state index >= 15 is 0 Å². The molecule has 0 saturated heterocycles. The Morgan fingerprint density at radius 2 is 2.04 bits per heavy atom. The highest BCUT2D eigenvalue weighted by Gasteiger charge is 2.30. The first-order valence-electron chi connectivity index (χ1n) is 8.40. The van der Waals surface area contributed by atoms with Crippen LogP contribution in [0.3, 0.4) is 0 Å². The predicted molar refractivity (Wildman–Crippen MR) is 91.5 cm³/mol. The Labute approximate surface area is 144 Å². The third-order valence-corrected chi connectivity index (χ3v) is 4.56. The topological polar surface area (TPSA) is 40.2 Å². The van der Waals surface area contributed by atoms with Crippen LogP contribution >= 0.6 is 0 Å². The van der Waals surface area contributed by atoms with Crippen molar-refractivity contribution in [3.05, 3.63) is 42.1 Å². The summed E-state index contributed by atoms with van der Waals surface area (Å²) in [6, 6.07) is 7.94. The van der Waals surface area contributed by atoms with Gasteiger partial charge in [-0.2, -0.15) is 13.2 Å². The van der Waals surface area contributed by atoms with Gasteiger partial charge in [-0.1, -0.05) is 12.1 Å². The zero-order chi connectivity index (χ0) is 17.4. The molecule has 0 radical (unpaired) electrons. The maximum absolute atomic E-state index is 12.9. The zero-order valence-electron chi connectivity index (χ0n) is 13.6. The number of aromatic nitrogens is 1. The number of hydrogen-bond donors (Lipinski definition) is 2. The van der Waals surface area contributed by atoms with Gasteiger partial charge in [-0.25, -0.2) is 4.98 Å². The Kier molecular flexibility index (Phi) is 4.03. The molecule has 0 atom stereocenters.